The summed E-state index contributed by atoms with van der Waals surface area (Å²) in [6.45, 7) is 0.286. The predicted molar refractivity (Wildman–Crippen MR) is 75.7 cm³/mol. The minimum absolute atomic E-state index is 0.228. The Hall–Kier alpha value is -1.27. The molecule has 1 heterocycles. The highest BCUT2D eigenvalue weighted by Crippen LogP contribution is 2.33. The van der Waals surface area contributed by atoms with Crippen molar-refractivity contribution in [2.24, 2.45) is 0 Å². The molecular weight excluding hydrogens is 357 g/mol. The van der Waals surface area contributed by atoms with Gasteiger partial charge in [0.05, 0.1) is 28.5 Å². The molecule has 0 aliphatic heterocycles. The zero-order chi connectivity index (χ0) is 14.8. The van der Waals surface area contributed by atoms with Gasteiger partial charge < -0.3 is 5.32 Å². The first-order valence-corrected chi connectivity index (χ1v) is 6.74. The number of aromatic nitrogens is 1. The fourth-order valence-electron chi connectivity index (χ4n) is 1.53. The van der Waals surface area contributed by atoms with E-state index in [0.29, 0.717) is 5.69 Å². The van der Waals surface area contributed by atoms with E-state index in [2.05, 4.69) is 26.2 Å². The second-order valence-corrected chi connectivity index (χ2v) is 5.34. The van der Waals surface area contributed by atoms with Crippen LogP contribution in [-0.2, 0) is 12.7 Å². The summed E-state index contributed by atoms with van der Waals surface area (Å²) in [4.78, 5) is 4.12. The Morgan fingerprint density at radius 3 is 2.55 bits per heavy atom. The maximum absolute atomic E-state index is 12.6. The minimum atomic E-state index is -4.39. The van der Waals surface area contributed by atoms with Crippen molar-refractivity contribution in [3.05, 3.63) is 57.3 Å². The summed E-state index contributed by atoms with van der Waals surface area (Å²) in [5.74, 6) is 0. The van der Waals surface area contributed by atoms with E-state index in [-0.39, 0.29) is 17.3 Å². The van der Waals surface area contributed by atoms with Crippen molar-refractivity contribution in [2.75, 3.05) is 5.32 Å². The zero-order valence-electron chi connectivity index (χ0n) is 10.0. The van der Waals surface area contributed by atoms with Crippen molar-refractivity contribution in [2.45, 2.75) is 12.7 Å². The number of pyridine rings is 1. The van der Waals surface area contributed by atoms with Crippen LogP contribution in [0.5, 0.6) is 0 Å². The Kier molecular flexibility index (Phi) is 4.55. The fraction of sp³-hybridized carbons (Fsp3) is 0.154. The highest BCUT2D eigenvalue weighted by molar-refractivity contribution is 9.10. The maximum Gasteiger partial charge on any atom is 0.416 e. The highest BCUT2D eigenvalue weighted by atomic mass is 79.9. The number of nitrogens with one attached hydrogen (secondary N) is 1. The van der Waals surface area contributed by atoms with Crippen LogP contribution in [0.15, 0.2) is 41.0 Å². The lowest BCUT2D eigenvalue weighted by atomic mass is 10.2. The van der Waals surface area contributed by atoms with Gasteiger partial charge in [0.2, 0.25) is 0 Å². The standard InChI is InChI=1S/C13H9BrClF3N2/c14-9-2-3-10(19-6-9)7-20-12-5-8(13(16,17)18)1-4-11(12)15/h1-6,20H,7H2. The number of rotatable bonds is 3. The molecule has 0 aliphatic rings. The van der Waals surface area contributed by atoms with E-state index in [1.807, 2.05) is 0 Å². The number of benzene rings is 1. The minimum Gasteiger partial charge on any atom is -0.378 e. The summed E-state index contributed by atoms with van der Waals surface area (Å²) in [5.41, 5.74) is 0.182. The SMILES string of the molecule is FC(F)(F)c1ccc(Cl)c(NCc2ccc(Br)cn2)c1. The molecule has 0 saturated carbocycles. The summed E-state index contributed by atoms with van der Waals surface area (Å²) in [6, 6.07) is 6.73. The predicted octanol–water partition coefficient (Wildman–Crippen LogP) is 5.13. The molecule has 0 bridgehead atoms. The molecule has 0 radical (unpaired) electrons. The molecule has 0 amide bonds. The van der Waals surface area contributed by atoms with Gasteiger partial charge in [0.1, 0.15) is 0 Å². The Balaban J connectivity index is 2.14. The first-order chi connectivity index (χ1) is 9.36. The van der Waals surface area contributed by atoms with Crippen LogP contribution in [0.4, 0.5) is 18.9 Å². The van der Waals surface area contributed by atoms with Crippen LogP contribution in [0.3, 0.4) is 0 Å². The molecule has 2 nitrogen and oxygen atoms in total. The van der Waals surface area contributed by atoms with E-state index >= 15 is 0 Å². The van der Waals surface area contributed by atoms with Crippen molar-refractivity contribution in [1.82, 2.24) is 4.98 Å². The summed E-state index contributed by atoms with van der Waals surface area (Å²) in [7, 11) is 0. The first kappa shape index (κ1) is 15.1. The molecule has 2 aromatic rings. The molecule has 20 heavy (non-hydrogen) atoms. The normalized spacial score (nSPS) is 11.4. The zero-order valence-corrected chi connectivity index (χ0v) is 12.4. The molecule has 7 heteroatoms. The van der Waals surface area contributed by atoms with Crippen LogP contribution in [0.2, 0.25) is 5.02 Å². The Morgan fingerprint density at radius 1 is 1.20 bits per heavy atom. The molecule has 2 rings (SSSR count). The van der Waals surface area contributed by atoms with Crippen LogP contribution in [-0.4, -0.2) is 4.98 Å². The Morgan fingerprint density at radius 2 is 1.95 bits per heavy atom. The molecule has 1 aromatic carbocycles. The molecule has 1 aromatic heterocycles. The van der Waals surface area contributed by atoms with Crippen LogP contribution in [0, 0.1) is 0 Å². The Bertz CT molecular complexity index is 600. The second kappa shape index (κ2) is 6.01. The van der Waals surface area contributed by atoms with Crippen LogP contribution >= 0.6 is 27.5 Å². The summed E-state index contributed by atoms with van der Waals surface area (Å²) in [6.07, 6.45) is -2.78. The molecule has 0 atom stereocenters. The quantitative estimate of drug-likeness (QED) is 0.816. The van der Waals surface area contributed by atoms with Gasteiger partial charge in [0, 0.05) is 10.7 Å². The molecule has 0 spiro atoms. The van der Waals surface area contributed by atoms with Crippen molar-refractivity contribution in [3.63, 3.8) is 0 Å². The molecule has 1 N–H and O–H groups in total. The third kappa shape index (κ3) is 3.86. The van der Waals surface area contributed by atoms with Gasteiger partial charge in [-0.25, -0.2) is 0 Å². The number of alkyl halides is 3. The largest absolute Gasteiger partial charge is 0.416 e. The monoisotopic (exact) mass is 364 g/mol. The summed E-state index contributed by atoms with van der Waals surface area (Å²) >= 11 is 9.14. The van der Waals surface area contributed by atoms with Crippen molar-refractivity contribution >= 4 is 33.2 Å². The molecule has 0 fully saturated rings. The molecular formula is C13H9BrClF3N2. The lowest BCUT2D eigenvalue weighted by molar-refractivity contribution is -0.137. The third-order valence-electron chi connectivity index (χ3n) is 2.54. The lowest BCUT2D eigenvalue weighted by Crippen LogP contribution is -2.07. The van der Waals surface area contributed by atoms with Crippen molar-refractivity contribution < 1.29 is 13.2 Å². The highest BCUT2D eigenvalue weighted by Gasteiger charge is 2.30. The topological polar surface area (TPSA) is 24.9 Å². The van der Waals surface area contributed by atoms with Gasteiger partial charge in [0.25, 0.3) is 0 Å². The van der Waals surface area contributed by atoms with E-state index in [1.165, 1.54) is 6.07 Å². The van der Waals surface area contributed by atoms with Crippen molar-refractivity contribution in [3.8, 4) is 0 Å². The van der Waals surface area contributed by atoms with Gasteiger partial charge in [-0.15, -0.1) is 0 Å². The van der Waals surface area contributed by atoms with E-state index < -0.39 is 11.7 Å². The van der Waals surface area contributed by atoms with Crippen LogP contribution in [0.1, 0.15) is 11.3 Å². The summed E-state index contributed by atoms with van der Waals surface area (Å²) < 4.78 is 38.7. The lowest BCUT2D eigenvalue weighted by Gasteiger charge is -2.12. The van der Waals surface area contributed by atoms with Gasteiger partial charge in [-0.2, -0.15) is 13.2 Å². The molecule has 0 saturated heterocycles. The molecule has 0 aliphatic carbocycles. The van der Waals surface area contributed by atoms with E-state index in [0.717, 1.165) is 16.6 Å². The van der Waals surface area contributed by atoms with Gasteiger partial charge in [-0.3, -0.25) is 4.98 Å². The van der Waals surface area contributed by atoms with Crippen molar-refractivity contribution in [1.29, 1.82) is 0 Å². The first-order valence-electron chi connectivity index (χ1n) is 5.57. The smallest absolute Gasteiger partial charge is 0.378 e. The third-order valence-corrected chi connectivity index (χ3v) is 3.34. The number of hydrogen-bond acceptors (Lipinski definition) is 2. The average Bonchev–Trinajstić information content (AvgIpc) is 2.38. The van der Waals surface area contributed by atoms with E-state index in [4.69, 9.17) is 11.6 Å². The second-order valence-electron chi connectivity index (χ2n) is 4.01. The van der Waals surface area contributed by atoms with Crippen LogP contribution in [0.25, 0.3) is 0 Å². The van der Waals surface area contributed by atoms with E-state index in [1.54, 1.807) is 18.3 Å². The molecule has 106 valence electrons. The number of nitrogens with zero attached hydrogens (tertiary/aromatic N) is 1. The average molecular weight is 366 g/mol. The molecule has 0 unspecified atom stereocenters. The van der Waals surface area contributed by atoms with Crippen LogP contribution < -0.4 is 5.32 Å². The number of anilines is 1. The van der Waals surface area contributed by atoms with Gasteiger partial charge >= 0.3 is 6.18 Å². The Labute approximate surface area is 127 Å². The maximum atomic E-state index is 12.6. The number of halogens is 5. The van der Waals surface area contributed by atoms with Gasteiger partial charge in [-0.05, 0) is 46.3 Å². The number of hydrogen-bond donors (Lipinski definition) is 1. The van der Waals surface area contributed by atoms with E-state index in [9.17, 15) is 13.2 Å². The summed E-state index contributed by atoms with van der Waals surface area (Å²) in [5, 5.41) is 3.08. The van der Waals surface area contributed by atoms with Gasteiger partial charge in [-0.1, -0.05) is 11.6 Å². The van der Waals surface area contributed by atoms with Gasteiger partial charge in [0.15, 0.2) is 0 Å². The fourth-order valence-corrected chi connectivity index (χ4v) is 1.95.